The molecule has 0 spiro atoms. The van der Waals surface area contributed by atoms with Crippen molar-refractivity contribution in [1.82, 2.24) is 0 Å². The van der Waals surface area contributed by atoms with E-state index in [1.165, 1.54) is 38.5 Å². The third-order valence-electron chi connectivity index (χ3n) is 4.69. The third-order valence-corrected chi connectivity index (χ3v) is 4.69. The van der Waals surface area contributed by atoms with Crippen LogP contribution in [0.5, 0.6) is 5.75 Å². The second kappa shape index (κ2) is 13.0. The Morgan fingerprint density at radius 2 is 1.13 bits per heavy atom. The predicted octanol–water partition coefficient (Wildman–Crippen LogP) is 8.57. The highest BCUT2D eigenvalue weighted by Crippen LogP contribution is 2.30. The molecule has 164 valence electrons. The van der Waals surface area contributed by atoms with Crippen molar-refractivity contribution in [2.24, 2.45) is 10.2 Å². The normalized spacial score (nSPS) is 11.4. The van der Waals surface area contributed by atoms with Gasteiger partial charge in [-0.15, -0.1) is 10.2 Å². The Hall–Kier alpha value is -2.44. The highest BCUT2D eigenvalue weighted by atomic mass is 19.1. The molecule has 0 unspecified atom stereocenters. The zero-order valence-electron chi connectivity index (χ0n) is 17.3. The van der Waals surface area contributed by atoms with Gasteiger partial charge >= 0.3 is 0 Å². The van der Waals surface area contributed by atoms with Gasteiger partial charge < -0.3 is 4.74 Å². The molecule has 0 amide bonds. The molecule has 0 aliphatic heterocycles. The number of unbranched alkanes of at least 4 members (excludes halogenated alkanes) is 8. The van der Waals surface area contributed by atoms with E-state index in [0.29, 0.717) is 6.61 Å². The lowest BCUT2D eigenvalue weighted by Gasteiger charge is -2.08. The fourth-order valence-electron chi connectivity index (χ4n) is 3.01. The molecule has 0 radical (unpaired) electrons. The smallest absolute Gasteiger partial charge is 0.157 e. The number of nitrogens with zero attached hydrogens (tertiary/aromatic N) is 2. The predicted molar refractivity (Wildman–Crippen MR) is 110 cm³/mol. The van der Waals surface area contributed by atoms with Crippen molar-refractivity contribution in [2.75, 3.05) is 6.61 Å². The minimum absolute atomic E-state index is 0.0422. The lowest BCUT2D eigenvalue weighted by molar-refractivity contribution is 0.301. The number of azo groups is 1. The molecule has 0 fully saturated rings. The van der Waals surface area contributed by atoms with Gasteiger partial charge in [0.15, 0.2) is 34.6 Å². The van der Waals surface area contributed by atoms with Crippen LogP contribution in [0.1, 0.15) is 64.7 Å². The summed E-state index contributed by atoms with van der Waals surface area (Å²) in [6.45, 7) is 2.55. The molecule has 2 aromatic carbocycles. The summed E-state index contributed by atoms with van der Waals surface area (Å²) in [6, 6.07) is 5.09. The summed E-state index contributed by atoms with van der Waals surface area (Å²) in [5, 5.41) is 6.64. The van der Waals surface area contributed by atoms with Crippen LogP contribution in [0, 0.1) is 23.3 Å². The number of halogens is 4. The fraction of sp³-hybridized carbons (Fsp3) is 0.478. The van der Waals surface area contributed by atoms with E-state index in [1.54, 1.807) is 0 Å². The van der Waals surface area contributed by atoms with Crippen LogP contribution < -0.4 is 4.74 Å². The quantitative estimate of drug-likeness (QED) is 0.180. The molecule has 2 aromatic rings. The number of hydrogen-bond donors (Lipinski definition) is 0. The zero-order valence-corrected chi connectivity index (χ0v) is 17.3. The second-order valence-electron chi connectivity index (χ2n) is 7.18. The Bertz CT molecular complexity index is 784. The molecule has 2 rings (SSSR count). The fourth-order valence-corrected chi connectivity index (χ4v) is 3.01. The summed E-state index contributed by atoms with van der Waals surface area (Å²) >= 11 is 0. The molecule has 3 nitrogen and oxygen atoms in total. The zero-order chi connectivity index (χ0) is 21.8. The van der Waals surface area contributed by atoms with Crippen LogP contribution in [-0.2, 0) is 0 Å². The van der Waals surface area contributed by atoms with Crippen molar-refractivity contribution in [1.29, 1.82) is 0 Å². The van der Waals surface area contributed by atoms with E-state index < -0.39 is 34.6 Å². The molecule has 0 aliphatic carbocycles. The molecule has 0 aliphatic rings. The van der Waals surface area contributed by atoms with E-state index in [2.05, 4.69) is 17.2 Å². The standard InChI is InChI=1S/C23H28F4N2O/c1-2-3-4-5-6-7-8-9-10-14-30-17-15-20(26)23(21(27)16-17)29-28-22-18(24)12-11-13-19(22)25/h11-13,15-16H,2-10,14H2,1H3. The van der Waals surface area contributed by atoms with Crippen LogP contribution in [0.25, 0.3) is 0 Å². The highest BCUT2D eigenvalue weighted by molar-refractivity contribution is 5.46. The van der Waals surface area contributed by atoms with Gasteiger partial charge in [0.1, 0.15) is 5.75 Å². The van der Waals surface area contributed by atoms with Gasteiger partial charge in [-0.1, -0.05) is 64.4 Å². The van der Waals surface area contributed by atoms with Crippen LogP contribution in [0.15, 0.2) is 40.6 Å². The summed E-state index contributed by atoms with van der Waals surface area (Å²) in [6.07, 6.45) is 10.4. The average Bonchev–Trinajstić information content (AvgIpc) is 2.70. The first-order chi connectivity index (χ1) is 14.5. The second-order valence-corrected chi connectivity index (χ2v) is 7.18. The summed E-state index contributed by atoms with van der Waals surface area (Å²) < 4.78 is 60.8. The molecular weight excluding hydrogens is 396 g/mol. The molecule has 0 N–H and O–H groups in total. The minimum Gasteiger partial charge on any atom is -0.493 e. The van der Waals surface area contributed by atoms with Crippen LogP contribution in [0.4, 0.5) is 28.9 Å². The van der Waals surface area contributed by atoms with Crippen LogP contribution in [-0.4, -0.2) is 6.61 Å². The molecule has 0 saturated heterocycles. The number of rotatable bonds is 13. The maximum absolute atomic E-state index is 14.2. The highest BCUT2D eigenvalue weighted by Gasteiger charge is 2.13. The van der Waals surface area contributed by atoms with Gasteiger partial charge in [0, 0.05) is 12.1 Å². The molecule has 0 atom stereocenters. The topological polar surface area (TPSA) is 34.0 Å². The van der Waals surface area contributed by atoms with Crippen LogP contribution >= 0.6 is 0 Å². The van der Waals surface area contributed by atoms with Gasteiger partial charge in [0.2, 0.25) is 0 Å². The summed E-state index contributed by atoms with van der Waals surface area (Å²) in [5.41, 5.74) is -1.44. The van der Waals surface area contributed by atoms with Crippen molar-refractivity contribution < 1.29 is 22.3 Å². The summed E-state index contributed by atoms with van der Waals surface area (Å²) in [4.78, 5) is 0. The Morgan fingerprint density at radius 1 is 0.667 bits per heavy atom. The van der Waals surface area contributed by atoms with Crippen molar-refractivity contribution in [3.63, 3.8) is 0 Å². The van der Waals surface area contributed by atoms with Crippen LogP contribution in [0.2, 0.25) is 0 Å². The first-order valence-electron chi connectivity index (χ1n) is 10.5. The Kier molecular flexibility index (Phi) is 10.3. The lowest BCUT2D eigenvalue weighted by atomic mass is 10.1. The molecule has 7 heteroatoms. The van der Waals surface area contributed by atoms with E-state index in [0.717, 1.165) is 49.6 Å². The summed E-state index contributed by atoms with van der Waals surface area (Å²) in [7, 11) is 0. The Balaban J connectivity index is 1.80. The van der Waals surface area contributed by atoms with E-state index in [1.807, 2.05) is 0 Å². The van der Waals surface area contributed by atoms with E-state index in [9.17, 15) is 17.6 Å². The molecular formula is C23H28F4N2O. The number of hydrogen-bond acceptors (Lipinski definition) is 3. The van der Waals surface area contributed by atoms with Gasteiger partial charge in [0.25, 0.3) is 0 Å². The summed E-state index contributed by atoms with van der Waals surface area (Å²) in [5.74, 6) is -3.93. The maximum atomic E-state index is 14.2. The number of benzene rings is 2. The Morgan fingerprint density at radius 3 is 1.67 bits per heavy atom. The third kappa shape index (κ3) is 7.76. The van der Waals surface area contributed by atoms with Crippen molar-refractivity contribution in [2.45, 2.75) is 64.7 Å². The SMILES string of the molecule is CCCCCCCCCCCOc1cc(F)c(N=Nc2c(F)cccc2F)c(F)c1. The van der Waals surface area contributed by atoms with Gasteiger partial charge in [-0.3, -0.25) is 0 Å². The number of ether oxygens (including phenoxy) is 1. The monoisotopic (exact) mass is 424 g/mol. The average molecular weight is 424 g/mol. The van der Waals surface area contributed by atoms with Crippen LogP contribution in [0.3, 0.4) is 0 Å². The van der Waals surface area contributed by atoms with Gasteiger partial charge in [-0.2, -0.15) is 0 Å². The van der Waals surface area contributed by atoms with E-state index >= 15 is 0 Å². The molecule has 30 heavy (non-hydrogen) atoms. The van der Waals surface area contributed by atoms with Crippen molar-refractivity contribution in [3.8, 4) is 5.75 Å². The lowest BCUT2D eigenvalue weighted by Crippen LogP contribution is -1.98. The van der Waals surface area contributed by atoms with Crippen molar-refractivity contribution in [3.05, 3.63) is 53.6 Å². The molecule has 0 aromatic heterocycles. The van der Waals surface area contributed by atoms with Gasteiger partial charge in [-0.25, -0.2) is 17.6 Å². The van der Waals surface area contributed by atoms with Crippen molar-refractivity contribution >= 4 is 11.4 Å². The van der Waals surface area contributed by atoms with Gasteiger partial charge in [0.05, 0.1) is 6.61 Å². The first-order valence-corrected chi connectivity index (χ1v) is 10.5. The van der Waals surface area contributed by atoms with Gasteiger partial charge in [-0.05, 0) is 18.6 Å². The minimum atomic E-state index is -1.02. The van der Waals surface area contributed by atoms with E-state index in [-0.39, 0.29) is 5.75 Å². The first kappa shape index (κ1) is 23.8. The molecule has 0 bridgehead atoms. The molecule has 0 saturated carbocycles. The largest absolute Gasteiger partial charge is 0.493 e. The maximum Gasteiger partial charge on any atom is 0.157 e. The molecule has 0 heterocycles. The van der Waals surface area contributed by atoms with E-state index in [4.69, 9.17) is 4.74 Å². The Labute approximate surface area is 175 Å².